The molecule has 0 saturated carbocycles. The average Bonchev–Trinajstić information content (AvgIpc) is 2.28. The van der Waals surface area contributed by atoms with E-state index in [0.717, 1.165) is 10.3 Å². The van der Waals surface area contributed by atoms with E-state index in [1.807, 2.05) is 18.3 Å². The number of nitrogens with zero attached hydrogens (tertiary/aromatic N) is 1. The molecule has 0 aliphatic rings. The number of hydrogen-bond acceptors (Lipinski definition) is 2. The highest BCUT2D eigenvalue weighted by Gasteiger charge is 2.05. The van der Waals surface area contributed by atoms with Crippen LogP contribution in [0.15, 0.2) is 22.8 Å². The molecule has 0 fully saturated rings. The summed E-state index contributed by atoms with van der Waals surface area (Å²) < 4.78 is 1.04. The summed E-state index contributed by atoms with van der Waals surface area (Å²) in [5.74, 6) is 0.950. The van der Waals surface area contributed by atoms with Gasteiger partial charge in [-0.2, -0.15) is 0 Å². The first kappa shape index (κ1) is 13.5. The highest BCUT2D eigenvalue weighted by Crippen LogP contribution is 2.20. The minimum absolute atomic E-state index is 0.489. The lowest BCUT2D eigenvalue weighted by molar-refractivity contribution is 0.593. The molecule has 0 aromatic carbocycles. The molecule has 1 aromatic heterocycles. The van der Waals surface area contributed by atoms with E-state index in [1.165, 1.54) is 32.1 Å². The normalized spacial score (nSPS) is 12.4. The second-order valence-corrected chi connectivity index (χ2v) is 5.08. The lowest BCUT2D eigenvalue weighted by Gasteiger charge is -2.15. The molecule has 1 N–H and O–H groups in total. The van der Waals surface area contributed by atoms with Crippen molar-refractivity contribution in [3.8, 4) is 0 Å². The Balaban J connectivity index is 2.28. The summed E-state index contributed by atoms with van der Waals surface area (Å²) in [6.45, 7) is 4.46. The van der Waals surface area contributed by atoms with Gasteiger partial charge in [0.2, 0.25) is 0 Å². The maximum Gasteiger partial charge on any atom is 0.140 e. The first-order valence-electron chi connectivity index (χ1n) is 6.11. The first-order valence-corrected chi connectivity index (χ1v) is 6.90. The van der Waals surface area contributed by atoms with Crippen molar-refractivity contribution in [2.75, 3.05) is 5.32 Å². The predicted molar refractivity (Wildman–Crippen MR) is 73.8 cm³/mol. The van der Waals surface area contributed by atoms with E-state index in [4.69, 9.17) is 0 Å². The molecule has 1 unspecified atom stereocenters. The summed E-state index contributed by atoms with van der Waals surface area (Å²) in [5.41, 5.74) is 0. The van der Waals surface area contributed by atoms with Crippen LogP contribution in [-0.2, 0) is 0 Å². The van der Waals surface area contributed by atoms with Gasteiger partial charge < -0.3 is 5.32 Å². The molecule has 16 heavy (non-hydrogen) atoms. The number of aromatic nitrogens is 1. The Morgan fingerprint density at radius 1 is 1.38 bits per heavy atom. The molecule has 1 heterocycles. The monoisotopic (exact) mass is 284 g/mol. The maximum absolute atomic E-state index is 4.30. The summed E-state index contributed by atoms with van der Waals surface area (Å²) in [6.07, 6.45) is 8.31. The third-order valence-corrected chi connectivity index (χ3v) is 3.27. The van der Waals surface area contributed by atoms with Crippen LogP contribution >= 0.6 is 15.9 Å². The highest BCUT2D eigenvalue weighted by molar-refractivity contribution is 9.10. The lowest BCUT2D eigenvalue weighted by Crippen LogP contribution is -2.16. The van der Waals surface area contributed by atoms with E-state index in [-0.39, 0.29) is 0 Å². The highest BCUT2D eigenvalue weighted by atomic mass is 79.9. The second-order valence-electron chi connectivity index (χ2n) is 4.23. The third-order valence-electron chi connectivity index (χ3n) is 2.63. The number of pyridine rings is 1. The van der Waals surface area contributed by atoms with Gasteiger partial charge in [-0.1, -0.05) is 32.6 Å². The van der Waals surface area contributed by atoms with E-state index in [9.17, 15) is 0 Å². The van der Waals surface area contributed by atoms with Gasteiger partial charge in [0.05, 0.1) is 4.47 Å². The smallest absolute Gasteiger partial charge is 0.140 e. The van der Waals surface area contributed by atoms with Gasteiger partial charge in [0.25, 0.3) is 0 Å². The maximum atomic E-state index is 4.30. The quantitative estimate of drug-likeness (QED) is 0.740. The van der Waals surface area contributed by atoms with Crippen LogP contribution in [-0.4, -0.2) is 11.0 Å². The van der Waals surface area contributed by atoms with Crippen LogP contribution in [0.4, 0.5) is 5.82 Å². The number of nitrogens with one attached hydrogen (secondary N) is 1. The van der Waals surface area contributed by atoms with Crippen LogP contribution in [0.25, 0.3) is 0 Å². The molecule has 0 radical (unpaired) electrons. The zero-order chi connectivity index (χ0) is 11.8. The van der Waals surface area contributed by atoms with E-state index >= 15 is 0 Å². The second kappa shape index (κ2) is 7.66. The van der Waals surface area contributed by atoms with Gasteiger partial charge in [-0.15, -0.1) is 0 Å². The van der Waals surface area contributed by atoms with Gasteiger partial charge in [-0.3, -0.25) is 0 Å². The molecule has 1 aromatic rings. The molecule has 1 rings (SSSR count). The molecular weight excluding hydrogens is 264 g/mol. The molecule has 1 atom stereocenters. The van der Waals surface area contributed by atoms with Crippen LogP contribution in [0.3, 0.4) is 0 Å². The standard InChI is InChI=1S/C13H21BrN2/c1-3-4-5-6-8-11(2)16-13-12(14)9-7-10-15-13/h7,9-11H,3-6,8H2,1-2H3,(H,15,16). The fraction of sp³-hybridized carbons (Fsp3) is 0.615. The molecule has 0 amide bonds. The SMILES string of the molecule is CCCCCCC(C)Nc1ncccc1Br. The Kier molecular flexibility index (Phi) is 6.46. The number of hydrogen-bond donors (Lipinski definition) is 1. The van der Waals surface area contributed by atoms with Crippen molar-refractivity contribution in [3.05, 3.63) is 22.8 Å². The van der Waals surface area contributed by atoms with Gasteiger partial charge in [0.15, 0.2) is 0 Å². The van der Waals surface area contributed by atoms with Crippen molar-refractivity contribution in [1.82, 2.24) is 4.98 Å². The van der Waals surface area contributed by atoms with Crippen molar-refractivity contribution in [3.63, 3.8) is 0 Å². The molecule has 0 aliphatic heterocycles. The summed E-state index contributed by atoms with van der Waals surface area (Å²) in [4.78, 5) is 4.30. The van der Waals surface area contributed by atoms with Crippen molar-refractivity contribution in [2.24, 2.45) is 0 Å². The summed E-state index contributed by atoms with van der Waals surface area (Å²) in [6, 6.07) is 4.43. The Morgan fingerprint density at radius 2 is 2.19 bits per heavy atom. The molecule has 0 bridgehead atoms. The van der Waals surface area contributed by atoms with E-state index in [0.29, 0.717) is 6.04 Å². The van der Waals surface area contributed by atoms with Gasteiger partial charge in [0.1, 0.15) is 5.82 Å². The minimum Gasteiger partial charge on any atom is -0.367 e. The van der Waals surface area contributed by atoms with Gasteiger partial charge >= 0.3 is 0 Å². The Hall–Kier alpha value is -0.570. The largest absolute Gasteiger partial charge is 0.367 e. The Morgan fingerprint density at radius 3 is 2.88 bits per heavy atom. The fourth-order valence-electron chi connectivity index (χ4n) is 1.67. The fourth-order valence-corrected chi connectivity index (χ4v) is 2.04. The molecule has 0 aliphatic carbocycles. The van der Waals surface area contributed by atoms with Crippen LogP contribution in [0, 0.1) is 0 Å². The number of unbranched alkanes of at least 4 members (excludes halogenated alkanes) is 3. The number of rotatable bonds is 7. The van der Waals surface area contributed by atoms with Crippen LogP contribution in [0.5, 0.6) is 0 Å². The minimum atomic E-state index is 0.489. The Labute approximate surface area is 107 Å². The molecule has 3 heteroatoms. The van der Waals surface area contributed by atoms with E-state index in [2.05, 4.69) is 40.1 Å². The average molecular weight is 285 g/mol. The Bertz CT molecular complexity index is 302. The van der Waals surface area contributed by atoms with Gasteiger partial charge in [-0.25, -0.2) is 4.98 Å². The number of anilines is 1. The molecule has 0 spiro atoms. The molecule has 2 nitrogen and oxygen atoms in total. The zero-order valence-corrected chi connectivity index (χ0v) is 11.8. The van der Waals surface area contributed by atoms with E-state index in [1.54, 1.807) is 0 Å². The topological polar surface area (TPSA) is 24.9 Å². The van der Waals surface area contributed by atoms with E-state index < -0.39 is 0 Å². The predicted octanol–water partition coefficient (Wildman–Crippen LogP) is 4.61. The summed E-state index contributed by atoms with van der Waals surface area (Å²) in [7, 11) is 0. The van der Waals surface area contributed by atoms with Crippen molar-refractivity contribution in [2.45, 2.75) is 52.0 Å². The zero-order valence-electron chi connectivity index (χ0n) is 10.2. The molecule has 90 valence electrons. The number of halogens is 1. The van der Waals surface area contributed by atoms with Crippen molar-refractivity contribution < 1.29 is 0 Å². The molecule has 0 saturated heterocycles. The van der Waals surface area contributed by atoms with Gasteiger partial charge in [-0.05, 0) is 41.4 Å². The summed E-state index contributed by atoms with van der Waals surface area (Å²) in [5, 5.41) is 3.43. The summed E-state index contributed by atoms with van der Waals surface area (Å²) >= 11 is 3.49. The van der Waals surface area contributed by atoms with Gasteiger partial charge in [0, 0.05) is 12.2 Å². The molecular formula is C13H21BrN2. The van der Waals surface area contributed by atoms with Crippen LogP contribution in [0.1, 0.15) is 46.0 Å². The third kappa shape index (κ3) is 4.97. The lowest BCUT2D eigenvalue weighted by atomic mass is 10.1. The first-order chi connectivity index (χ1) is 7.74. The van der Waals surface area contributed by atoms with Crippen LogP contribution < -0.4 is 5.32 Å². The van der Waals surface area contributed by atoms with Crippen LogP contribution in [0.2, 0.25) is 0 Å². The van der Waals surface area contributed by atoms with Crippen molar-refractivity contribution in [1.29, 1.82) is 0 Å². The van der Waals surface area contributed by atoms with Crippen molar-refractivity contribution >= 4 is 21.7 Å².